The summed E-state index contributed by atoms with van der Waals surface area (Å²) in [4.78, 5) is 9.45. The summed E-state index contributed by atoms with van der Waals surface area (Å²) in [5.41, 5.74) is 10.4. The number of hydrogen-bond donors (Lipinski definition) is 2. The van der Waals surface area contributed by atoms with Gasteiger partial charge in [0.1, 0.15) is 0 Å². The molecule has 2 aromatic carbocycles. The van der Waals surface area contributed by atoms with Crippen LogP contribution in [0.2, 0.25) is 0 Å². The fourth-order valence-electron chi connectivity index (χ4n) is 3.79. The predicted octanol–water partition coefficient (Wildman–Crippen LogP) is 3.36. The van der Waals surface area contributed by atoms with Crippen molar-refractivity contribution in [2.45, 2.75) is 18.8 Å². The molecule has 0 aliphatic carbocycles. The molecule has 0 spiro atoms. The van der Waals surface area contributed by atoms with E-state index < -0.39 is 0 Å². The predicted molar refractivity (Wildman–Crippen MR) is 127 cm³/mol. The number of nitrogens with one attached hydrogen (secondary N) is 1. The molecule has 3 N–H and O–H groups in total. The summed E-state index contributed by atoms with van der Waals surface area (Å²) < 4.78 is 4.79. The second-order valence-electron chi connectivity index (χ2n) is 8.01. The van der Waals surface area contributed by atoms with Gasteiger partial charge >= 0.3 is 0 Å². The van der Waals surface area contributed by atoms with Crippen LogP contribution in [-0.4, -0.2) is 49.6 Å². The lowest BCUT2D eigenvalue weighted by Crippen LogP contribution is -2.27. The van der Waals surface area contributed by atoms with Crippen molar-refractivity contribution in [3.63, 3.8) is 0 Å². The summed E-state index contributed by atoms with van der Waals surface area (Å²) in [7, 11) is 4.12. The van der Waals surface area contributed by atoms with Gasteiger partial charge in [0.25, 0.3) is 0 Å². The molecular weight excluding hydrogens is 392 g/mol. The molecule has 0 amide bonds. The van der Waals surface area contributed by atoms with Gasteiger partial charge < -0.3 is 20.9 Å². The van der Waals surface area contributed by atoms with Crippen molar-refractivity contribution in [3.05, 3.63) is 65.5 Å². The molecule has 6 nitrogen and oxygen atoms in total. The van der Waals surface area contributed by atoms with Crippen LogP contribution in [0.4, 0.5) is 16.5 Å². The van der Waals surface area contributed by atoms with E-state index in [1.54, 1.807) is 0 Å². The van der Waals surface area contributed by atoms with Crippen molar-refractivity contribution in [2.24, 2.45) is 0 Å². The lowest BCUT2D eigenvalue weighted by atomic mass is 9.91. The maximum Gasteiger partial charge on any atom is 0.205 e. The molecule has 4 rings (SSSR count). The van der Waals surface area contributed by atoms with Crippen molar-refractivity contribution in [1.82, 2.24) is 14.7 Å². The van der Waals surface area contributed by atoms with E-state index in [9.17, 15) is 0 Å². The minimum absolute atomic E-state index is 0.103. The first-order chi connectivity index (χ1) is 14.6. The number of nitrogen functional groups attached to an aromatic ring is 1. The van der Waals surface area contributed by atoms with E-state index in [2.05, 4.69) is 65.6 Å². The van der Waals surface area contributed by atoms with Crippen molar-refractivity contribution >= 4 is 28.0 Å². The van der Waals surface area contributed by atoms with Gasteiger partial charge in [0.15, 0.2) is 5.82 Å². The first-order valence-electron chi connectivity index (χ1n) is 10.5. The van der Waals surface area contributed by atoms with Gasteiger partial charge in [-0.25, -0.2) is 4.98 Å². The number of rotatable bonds is 6. The summed E-state index contributed by atoms with van der Waals surface area (Å²) in [6.07, 6.45) is 1.99. The Hall–Kier alpha value is -2.64. The highest BCUT2D eigenvalue weighted by atomic mass is 32.1. The number of benzene rings is 2. The van der Waals surface area contributed by atoms with Gasteiger partial charge in [-0.3, -0.25) is 0 Å². The average Bonchev–Trinajstić information content (AvgIpc) is 3.08. The second-order valence-corrected chi connectivity index (χ2v) is 8.74. The zero-order chi connectivity index (χ0) is 20.9. The molecule has 0 bridgehead atoms. The third-order valence-electron chi connectivity index (χ3n) is 5.58. The van der Waals surface area contributed by atoms with Gasteiger partial charge in [-0.05, 0) is 54.8 Å². The summed E-state index contributed by atoms with van der Waals surface area (Å²) in [6.45, 7) is 4.07. The number of nitrogens with zero attached hydrogens (tertiary/aromatic N) is 4. The van der Waals surface area contributed by atoms with Crippen molar-refractivity contribution in [1.29, 1.82) is 0 Å². The molecule has 3 aromatic rings. The molecule has 1 fully saturated rings. The molecule has 1 aliphatic heterocycles. The Morgan fingerprint density at radius 1 is 1.07 bits per heavy atom. The smallest absolute Gasteiger partial charge is 0.205 e. The van der Waals surface area contributed by atoms with E-state index in [4.69, 9.17) is 15.1 Å². The van der Waals surface area contributed by atoms with Gasteiger partial charge in [-0.2, -0.15) is 4.37 Å². The molecule has 1 aliphatic rings. The number of nitrogens with two attached hydrogens (primary N) is 1. The number of aromatic nitrogens is 2. The average molecular weight is 423 g/mol. The summed E-state index contributed by atoms with van der Waals surface area (Å²) in [6, 6.07) is 16.9. The standard InChI is InChI=1S/C23H30N6S/c1-28(2)20-10-4-17(5-11-20)16-21(18-6-8-19(24)9-7-18)22-26-23(30-27-22)29-14-3-12-25-13-15-29/h4-11,21,25H,3,12-16,24H2,1-2H3. The van der Waals surface area contributed by atoms with Crippen LogP contribution in [-0.2, 0) is 6.42 Å². The van der Waals surface area contributed by atoms with Gasteiger partial charge in [0.2, 0.25) is 5.13 Å². The van der Waals surface area contributed by atoms with Gasteiger partial charge in [-0.1, -0.05) is 24.3 Å². The molecule has 7 heteroatoms. The van der Waals surface area contributed by atoms with Gasteiger partial charge in [0, 0.05) is 62.6 Å². The van der Waals surface area contributed by atoms with Crippen LogP contribution in [0.15, 0.2) is 48.5 Å². The van der Waals surface area contributed by atoms with Crippen molar-refractivity contribution in [3.8, 4) is 0 Å². The molecule has 1 unspecified atom stereocenters. The second kappa shape index (κ2) is 9.45. The Morgan fingerprint density at radius 2 is 1.83 bits per heavy atom. The Morgan fingerprint density at radius 3 is 2.57 bits per heavy atom. The van der Waals surface area contributed by atoms with Crippen LogP contribution >= 0.6 is 11.5 Å². The third kappa shape index (κ3) is 4.91. The summed E-state index contributed by atoms with van der Waals surface area (Å²) >= 11 is 1.51. The fourth-order valence-corrected chi connectivity index (χ4v) is 4.56. The molecule has 30 heavy (non-hydrogen) atoms. The first kappa shape index (κ1) is 20.6. The molecule has 158 valence electrons. The molecule has 0 saturated carbocycles. The lowest BCUT2D eigenvalue weighted by molar-refractivity contribution is 0.724. The van der Waals surface area contributed by atoms with Crippen LogP contribution < -0.4 is 20.9 Å². The fraction of sp³-hybridized carbons (Fsp3) is 0.391. The van der Waals surface area contributed by atoms with Crippen LogP contribution in [0.1, 0.15) is 29.3 Å². The molecule has 1 aromatic heterocycles. The minimum Gasteiger partial charge on any atom is -0.399 e. The molecule has 1 atom stereocenters. The van der Waals surface area contributed by atoms with Gasteiger partial charge in [0.05, 0.1) is 0 Å². The zero-order valence-electron chi connectivity index (χ0n) is 17.7. The van der Waals surface area contributed by atoms with E-state index in [1.807, 2.05) is 12.1 Å². The lowest BCUT2D eigenvalue weighted by Gasteiger charge is -2.18. The maximum absolute atomic E-state index is 5.93. The minimum atomic E-state index is 0.103. The first-order valence-corrected chi connectivity index (χ1v) is 11.3. The van der Waals surface area contributed by atoms with E-state index in [0.717, 1.165) is 55.7 Å². The quantitative estimate of drug-likeness (QED) is 0.594. The van der Waals surface area contributed by atoms with Gasteiger partial charge in [-0.15, -0.1) is 0 Å². The van der Waals surface area contributed by atoms with E-state index in [-0.39, 0.29) is 5.92 Å². The highest BCUT2D eigenvalue weighted by Gasteiger charge is 2.22. The summed E-state index contributed by atoms with van der Waals surface area (Å²) in [5, 5.41) is 4.48. The van der Waals surface area contributed by atoms with E-state index >= 15 is 0 Å². The summed E-state index contributed by atoms with van der Waals surface area (Å²) in [5.74, 6) is 1.000. The molecule has 2 heterocycles. The largest absolute Gasteiger partial charge is 0.399 e. The topological polar surface area (TPSA) is 70.3 Å². The van der Waals surface area contributed by atoms with Crippen molar-refractivity contribution in [2.75, 3.05) is 55.8 Å². The molecular formula is C23H30N6S. The Bertz CT molecular complexity index is 927. The Labute approximate surface area is 182 Å². The molecule has 1 saturated heterocycles. The van der Waals surface area contributed by atoms with Crippen molar-refractivity contribution < 1.29 is 0 Å². The number of hydrogen-bond acceptors (Lipinski definition) is 7. The van der Waals surface area contributed by atoms with Crippen LogP contribution in [0.3, 0.4) is 0 Å². The van der Waals surface area contributed by atoms with E-state index in [1.165, 1.54) is 28.3 Å². The molecule has 0 radical (unpaired) electrons. The maximum atomic E-state index is 5.93. The number of anilines is 3. The third-order valence-corrected chi connectivity index (χ3v) is 6.38. The highest BCUT2D eigenvalue weighted by molar-refractivity contribution is 7.09. The SMILES string of the molecule is CN(C)c1ccc(CC(c2ccc(N)cc2)c2nsc(N3CCCNCC3)n2)cc1. The van der Waals surface area contributed by atoms with Crippen LogP contribution in [0.25, 0.3) is 0 Å². The van der Waals surface area contributed by atoms with Crippen LogP contribution in [0.5, 0.6) is 0 Å². The highest BCUT2D eigenvalue weighted by Crippen LogP contribution is 2.31. The van der Waals surface area contributed by atoms with Crippen LogP contribution in [0, 0.1) is 0 Å². The zero-order valence-corrected chi connectivity index (χ0v) is 18.5. The monoisotopic (exact) mass is 422 g/mol. The Kier molecular flexibility index (Phi) is 6.50. The Balaban J connectivity index is 1.61. The van der Waals surface area contributed by atoms with E-state index in [0.29, 0.717) is 0 Å². The normalized spacial score (nSPS) is 15.6.